The maximum Gasteiger partial charge on any atom is 0.226 e. The van der Waals surface area contributed by atoms with E-state index < -0.39 is 0 Å². The molecule has 0 atom stereocenters. The molecule has 2 N–H and O–H groups in total. The van der Waals surface area contributed by atoms with Crippen LogP contribution in [0.2, 0.25) is 0 Å². The molecule has 4 rings (SSSR count). The van der Waals surface area contributed by atoms with Crippen LogP contribution in [0, 0.1) is 0 Å². The first-order chi connectivity index (χ1) is 14.7. The van der Waals surface area contributed by atoms with E-state index in [-0.39, 0.29) is 12.3 Å². The minimum atomic E-state index is -0.0287. The summed E-state index contributed by atoms with van der Waals surface area (Å²) in [6, 6.07) is 13.7. The Morgan fingerprint density at radius 2 is 1.87 bits per heavy atom. The Hall–Kier alpha value is -3.32. The molecule has 0 spiro atoms. The summed E-state index contributed by atoms with van der Waals surface area (Å²) in [5.74, 6) is 1.60. The summed E-state index contributed by atoms with van der Waals surface area (Å²) >= 11 is 1.54. The molecule has 0 radical (unpaired) electrons. The Morgan fingerprint density at radius 3 is 2.63 bits per heavy atom. The third kappa shape index (κ3) is 4.46. The van der Waals surface area contributed by atoms with E-state index in [1.807, 2.05) is 54.0 Å². The molecule has 30 heavy (non-hydrogen) atoms. The summed E-state index contributed by atoms with van der Waals surface area (Å²) in [4.78, 5) is 20.2. The third-order valence-electron chi connectivity index (χ3n) is 4.92. The highest BCUT2D eigenvalue weighted by molar-refractivity contribution is 7.13. The molecule has 6 nitrogen and oxygen atoms in total. The fraction of sp³-hybridized carbons (Fsp3) is 0.217. The van der Waals surface area contributed by atoms with Crippen molar-refractivity contribution in [2.75, 3.05) is 20.8 Å². The highest BCUT2D eigenvalue weighted by atomic mass is 32.1. The second-order valence-corrected chi connectivity index (χ2v) is 7.73. The number of fused-ring (bicyclic) bond motifs is 1. The monoisotopic (exact) mass is 421 g/mol. The summed E-state index contributed by atoms with van der Waals surface area (Å²) in [6.45, 7) is 0.568. The van der Waals surface area contributed by atoms with Crippen molar-refractivity contribution in [1.29, 1.82) is 0 Å². The van der Waals surface area contributed by atoms with E-state index in [4.69, 9.17) is 9.47 Å². The van der Waals surface area contributed by atoms with Gasteiger partial charge in [0.25, 0.3) is 0 Å². The van der Waals surface area contributed by atoms with Gasteiger partial charge in [0.15, 0.2) is 0 Å². The molecule has 0 saturated carbocycles. The molecule has 1 amide bonds. The number of rotatable bonds is 8. The van der Waals surface area contributed by atoms with Crippen LogP contribution in [0.25, 0.3) is 21.5 Å². The van der Waals surface area contributed by atoms with Gasteiger partial charge in [-0.25, -0.2) is 4.98 Å². The van der Waals surface area contributed by atoms with Gasteiger partial charge in [-0.05, 0) is 54.4 Å². The number of thiazole rings is 1. The van der Waals surface area contributed by atoms with E-state index in [0.717, 1.165) is 50.7 Å². The first-order valence-electron chi connectivity index (χ1n) is 9.66. The number of hydrogen-bond acceptors (Lipinski definition) is 5. The normalized spacial score (nSPS) is 10.9. The maximum absolute atomic E-state index is 12.3. The van der Waals surface area contributed by atoms with E-state index in [1.54, 1.807) is 14.2 Å². The fourth-order valence-electron chi connectivity index (χ4n) is 3.31. The highest BCUT2D eigenvalue weighted by Crippen LogP contribution is 2.26. The molecule has 4 aromatic rings. The molecule has 0 aliphatic carbocycles. The lowest BCUT2D eigenvalue weighted by Crippen LogP contribution is -2.27. The number of amides is 1. The lowest BCUT2D eigenvalue weighted by Gasteiger charge is -2.05. The Bertz CT molecular complexity index is 1150. The van der Waals surface area contributed by atoms with Crippen LogP contribution in [0.4, 0.5) is 0 Å². The zero-order chi connectivity index (χ0) is 20.9. The average Bonchev–Trinajstić information content (AvgIpc) is 3.40. The molecule has 0 aliphatic rings. The lowest BCUT2D eigenvalue weighted by molar-refractivity contribution is -0.120. The van der Waals surface area contributed by atoms with Gasteiger partial charge in [-0.15, -0.1) is 11.3 Å². The van der Waals surface area contributed by atoms with Crippen molar-refractivity contribution >= 4 is 28.1 Å². The summed E-state index contributed by atoms with van der Waals surface area (Å²) < 4.78 is 10.5. The molecule has 2 aromatic carbocycles. The van der Waals surface area contributed by atoms with E-state index in [0.29, 0.717) is 6.54 Å². The van der Waals surface area contributed by atoms with Gasteiger partial charge >= 0.3 is 0 Å². The minimum absolute atomic E-state index is 0.0287. The first-order valence-corrected chi connectivity index (χ1v) is 10.5. The predicted molar refractivity (Wildman–Crippen MR) is 119 cm³/mol. The van der Waals surface area contributed by atoms with Crippen LogP contribution >= 0.6 is 11.3 Å². The summed E-state index contributed by atoms with van der Waals surface area (Å²) in [5.41, 5.74) is 4.01. The van der Waals surface area contributed by atoms with Crippen LogP contribution in [-0.2, 0) is 17.6 Å². The third-order valence-corrected chi connectivity index (χ3v) is 5.86. The first kappa shape index (κ1) is 20.0. The number of nitrogens with one attached hydrogen (secondary N) is 2. The summed E-state index contributed by atoms with van der Waals surface area (Å²) in [7, 11) is 3.30. The number of methoxy groups -OCH3 is 2. The number of aromatic amines is 1. The van der Waals surface area contributed by atoms with Crippen LogP contribution in [0.5, 0.6) is 11.5 Å². The summed E-state index contributed by atoms with van der Waals surface area (Å²) in [6.07, 6.45) is 3.00. The van der Waals surface area contributed by atoms with Crippen molar-refractivity contribution in [2.45, 2.75) is 12.8 Å². The zero-order valence-corrected chi connectivity index (χ0v) is 17.7. The Balaban J connectivity index is 1.31. The van der Waals surface area contributed by atoms with Crippen molar-refractivity contribution in [1.82, 2.24) is 15.3 Å². The Kier molecular flexibility index (Phi) is 5.99. The fourth-order valence-corrected chi connectivity index (χ4v) is 4.14. The number of H-pyrrole nitrogens is 1. The van der Waals surface area contributed by atoms with Crippen LogP contribution in [0.15, 0.2) is 54.0 Å². The number of aromatic nitrogens is 2. The lowest BCUT2D eigenvalue weighted by atomic mass is 10.1. The van der Waals surface area contributed by atoms with Gasteiger partial charge in [-0.3, -0.25) is 4.79 Å². The Morgan fingerprint density at radius 1 is 1.10 bits per heavy atom. The maximum atomic E-state index is 12.3. The predicted octanol–water partition coefficient (Wildman–Crippen LogP) is 4.21. The number of hydrogen-bond donors (Lipinski definition) is 2. The number of benzene rings is 2. The molecule has 154 valence electrons. The van der Waals surface area contributed by atoms with Crippen molar-refractivity contribution in [3.8, 4) is 22.1 Å². The Labute approximate surface area is 178 Å². The molecular weight excluding hydrogens is 398 g/mol. The van der Waals surface area contributed by atoms with Gasteiger partial charge in [0, 0.05) is 34.6 Å². The molecular formula is C23H23N3O3S. The largest absolute Gasteiger partial charge is 0.497 e. The highest BCUT2D eigenvalue weighted by Gasteiger charge is 2.10. The molecule has 0 saturated heterocycles. The molecule has 7 heteroatoms. The van der Waals surface area contributed by atoms with E-state index in [2.05, 4.69) is 15.3 Å². The molecule has 2 heterocycles. The van der Waals surface area contributed by atoms with Gasteiger partial charge in [0.1, 0.15) is 16.5 Å². The van der Waals surface area contributed by atoms with Crippen molar-refractivity contribution in [3.63, 3.8) is 0 Å². The van der Waals surface area contributed by atoms with Gasteiger partial charge in [0.2, 0.25) is 5.91 Å². The van der Waals surface area contributed by atoms with Crippen molar-refractivity contribution in [2.24, 2.45) is 0 Å². The van der Waals surface area contributed by atoms with Gasteiger partial charge in [-0.2, -0.15) is 0 Å². The second kappa shape index (κ2) is 9.00. The van der Waals surface area contributed by atoms with Crippen LogP contribution in [0.3, 0.4) is 0 Å². The van der Waals surface area contributed by atoms with E-state index in [9.17, 15) is 4.79 Å². The SMILES string of the molecule is COc1ccc(-c2nc(CC(=O)NCCc3c[nH]c4ccc(OC)cc34)cs2)cc1. The quantitative estimate of drug-likeness (QED) is 0.447. The average molecular weight is 422 g/mol. The van der Waals surface area contributed by atoms with E-state index in [1.165, 1.54) is 11.3 Å². The van der Waals surface area contributed by atoms with Crippen molar-refractivity contribution in [3.05, 3.63) is 65.3 Å². The molecule has 0 bridgehead atoms. The van der Waals surface area contributed by atoms with Crippen LogP contribution in [0.1, 0.15) is 11.3 Å². The number of carbonyl (C=O) groups excluding carboxylic acids is 1. The topological polar surface area (TPSA) is 76.2 Å². The second-order valence-electron chi connectivity index (χ2n) is 6.87. The van der Waals surface area contributed by atoms with Gasteiger partial charge < -0.3 is 19.8 Å². The van der Waals surface area contributed by atoms with Crippen LogP contribution < -0.4 is 14.8 Å². The molecule has 2 aromatic heterocycles. The summed E-state index contributed by atoms with van der Waals surface area (Å²) in [5, 5.41) is 6.94. The van der Waals surface area contributed by atoms with Gasteiger partial charge in [0.05, 0.1) is 26.3 Å². The zero-order valence-electron chi connectivity index (χ0n) is 16.9. The molecule has 0 unspecified atom stereocenters. The van der Waals surface area contributed by atoms with E-state index >= 15 is 0 Å². The number of nitrogens with zero attached hydrogens (tertiary/aromatic N) is 1. The molecule has 0 fully saturated rings. The van der Waals surface area contributed by atoms with Crippen LogP contribution in [-0.4, -0.2) is 36.6 Å². The standard InChI is InChI=1S/C23H23N3O3S/c1-28-18-5-3-15(4-6-18)23-26-17(14-30-23)11-22(27)24-10-9-16-13-25-21-8-7-19(29-2)12-20(16)21/h3-8,12-14,25H,9-11H2,1-2H3,(H,24,27). The molecule has 0 aliphatic heterocycles. The number of carbonyl (C=O) groups is 1. The van der Waals surface area contributed by atoms with Gasteiger partial charge in [-0.1, -0.05) is 0 Å². The minimum Gasteiger partial charge on any atom is -0.497 e. The number of ether oxygens (including phenoxy) is 2. The van der Waals surface area contributed by atoms with Crippen molar-refractivity contribution < 1.29 is 14.3 Å². The smallest absolute Gasteiger partial charge is 0.226 e.